The number of pyridine rings is 1. The maximum Gasteiger partial charge on any atom is 0.254 e. The highest BCUT2D eigenvalue weighted by Crippen LogP contribution is 2.25. The lowest BCUT2D eigenvalue weighted by Crippen LogP contribution is -2.23. The van der Waals surface area contributed by atoms with Crippen LogP contribution in [0, 0.1) is 15.8 Å². The largest absolute Gasteiger partial charge is 0.352 e. The van der Waals surface area contributed by atoms with Crippen LogP contribution in [-0.2, 0) is 6.54 Å². The Kier molecular flexibility index (Phi) is 4.44. The molecule has 114 valence electrons. The van der Waals surface area contributed by atoms with Gasteiger partial charge in [-0.2, -0.15) is 5.26 Å². The first-order chi connectivity index (χ1) is 11.1. The van der Waals surface area contributed by atoms with E-state index < -0.39 is 0 Å². The van der Waals surface area contributed by atoms with Crippen molar-refractivity contribution in [2.45, 2.75) is 6.54 Å². The van der Waals surface area contributed by atoms with Crippen LogP contribution in [0.1, 0.15) is 20.8 Å². The van der Waals surface area contributed by atoms with Crippen molar-refractivity contribution in [3.8, 4) is 6.07 Å². The van der Waals surface area contributed by atoms with Gasteiger partial charge in [-0.05, 0) is 23.8 Å². The number of H-pyrrole nitrogens is 1. The van der Waals surface area contributed by atoms with Gasteiger partial charge in [0.05, 0.1) is 10.1 Å². The Morgan fingerprint density at radius 1 is 1.39 bits per heavy atom. The van der Waals surface area contributed by atoms with Gasteiger partial charge < -0.3 is 10.3 Å². The lowest BCUT2D eigenvalue weighted by Gasteiger charge is -2.06. The minimum atomic E-state index is -0.257. The highest BCUT2D eigenvalue weighted by Gasteiger charge is 2.12. The normalized spacial score (nSPS) is 10.4. The van der Waals surface area contributed by atoms with E-state index in [4.69, 9.17) is 29.1 Å². The maximum absolute atomic E-state index is 12.3. The van der Waals surface area contributed by atoms with Crippen molar-refractivity contribution < 1.29 is 4.79 Å². The van der Waals surface area contributed by atoms with Gasteiger partial charge >= 0.3 is 0 Å². The molecule has 1 aromatic carbocycles. The van der Waals surface area contributed by atoms with Crippen molar-refractivity contribution in [1.29, 1.82) is 5.26 Å². The van der Waals surface area contributed by atoms with Crippen LogP contribution >= 0.6 is 35.2 Å². The zero-order chi connectivity index (χ0) is 16.4. The Bertz CT molecular complexity index is 983. The number of hydrogen-bond donors (Lipinski definition) is 2. The lowest BCUT2D eigenvalue weighted by molar-refractivity contribution is 0.0950. The Balaban J connectivity index is 1.83. The summed E-state index contributed by atoms with van der Waals surface area (Å²) in [5.74, 6) is -0.257. The standard InChI is InChI=1S/C16H10ClN3OS2/c17-10-3-1-9(2-4-10)7-19-15(21)13-8-20-16-12(14(13)22)5-11(6-18)23-16/h1-5,8H,7H2,(H,19,21)(H,20,22). The molecule has 3 rings (SSSR count). The number of thiophene rings is 1. The van der Waals surface area contributed by atoms with Crippen molar-refractivity contribution in [2.75, 3.05) is 0 Å². The van der Waals surface area contributed by atoms with E-state index in [0.717, 1.165) is 15.8 Å². The summed E-state index contributed by atoms with van der Waals surface area (Å²) in [6.07, 6.45) is 1.58. The number of nitrogens with one attached hydrogen (secondary N) is 2. The van der Waals surface area contributed by atoms with Crippen LogP contribution < -0.4 is 5.32 Å². The number of aromatic amines is 1. The van der Waals surface area contributed by atoms with Crippen LogP contribution in [0.2, 0.25) is 5.02 Å². The molecule has 0 fully saturated rings. The highest BCUT2D eigenvalue weighted by atomic mass is 35.5. The summed E-state index contributed by atoms with van der Waals surface area (Å²) in [5.41, 5.74) is 1.34. The first-order valence-corrected chi connectivity index (χ1v) is 8.26. The molecule has 23 heavy (non-hydrogen) atoms. The number of amides is 1. The molecule has 1 amide bonds. The molecule has 2 aromatic heterocycles. The van der Waals surface area contributed by atoms with Gasteiger partial charge in [-0.1, -0.05) is 36.0 Å². The van der Waals surface area contributed by atoms with Crippen LogP contribution in [0.15, 0.2) is 36.5 Å². The number of carbonyl (C=O) groups is 1. The van der Waals surface area contributed by atoms with Crippen LogP contribution in [0.4, 0.5) is 0 Å². The molecule has 0 spiro atoms. The predicted molar refractivity (Wildman–Crippen MR) is 94.3 cm³/mol. The minimum absolute atomic E-state index is 0.257. The van der Waals surface area contributed by atoms with E-state index in [1.807, 2.05) is 12.1 Å². The van der Waals surface area contributed by atoms with E-state index in [1.165, 1.54) is 11.3 Å². The van der Waals surface area contributed by atoms with Gasteiger partial charge in [-0.15, -0.1) is 11.3 Å². The zero-order valence-corrected chi connectivity index (χ0v) is 14.1. The van der Waals surface area contributed by atoms with E-state index >= 15 is 0 Å². The number of nitriles is 1. The average molecular weight is 360 g/mol. The molecular weight excluding hydrogens is 350 g/mol. The molecule has 0 saturated heterocycles. The molecule has 3 aromatic rings. The van der Waals surface area contributed by atoms with Crippen molar-refractivity contribution in [3.05, 3.63) is 62.1 Å². The first kappa shape index (κ1) is 15.7. The monoisotopic (exact) mass is 359 g/mol. The number of rotatable bonds is 3. The summed E-state index contributed by atoms with van der Waals surface area (Å²) < 4.78 is 0.449. The van der Waals surface area contributed by atoms with Crippen LogP contribution in [0.25, 0.3) is 10.2 Å². The van der Waals surface area contributed by atoms with Gasteiger partial charge in [-0.3, -0.25) is 4.79 Å². The second-order valence-electron chi connectivity index (χ2n) is 4.81. The minimum Gasteiger partial charge on any atom is -0.352 e. The van der Waals surface area contributed by atoms with Crippen molar-refractivity contribution >= 4 is 51.3 Å². The molecular formula is C16H10ClN3OS2. The third-order valence-corrected chi connectivity index (χ3v) is 4.95. The van der Waals surface area contributed by atoms with Gasteiger partial charge in [-0.25, -0.2) is 0 Å². The van der Waals surface area contributed by atoms with Crippen molar-refractivity contribution in [2.24, 2.45) is 0 Å². The molecule has 2 N–H and O–H groups in total. The fraction of sp³-hybridized carbons (Fsp3) is 0.0625. The maximum atomic E-state index is 12.3. The van der Waals surface area contributed by atoms with E-state index in [2.05, 4.69) is 16.4 Å². The topological polar surface area (TPSA) is 68.7 Å². The van der Waals surface area contributed by atoms with Gasteiger partial charge in [0, 0.05) is 23.2 Å². The fourth-order valence-electron chi connectivity index (χ4n) is 2.12. The van der Waals surface area contributed by atoms with Gasteiger partial charge in [0.1, 0.15) is 15.8 Å². The SMILES string of the molecule is N#Cc1cc2c(=S)c(C(=O)NCc3ccc(Cl)cc3)c[nH]c2s1. The Morgan fingerprint density at radius 2 is 2.13 bits per heavy atom. The van der Waals surface area contributed by atoms with E-state index in [0.29, 0.717) is 26.5 Å². The molecule has 4 nitrogen and oxygen atoms in total. The number of hydrogen-bond acceptors (Lipinski definition) is 4. The third kappa shape index (κ3) is 3.27. The van der Waals surface area contributed by atoms with Crippen LogP contribution in [-0.4, -0.2) is 10.9 Å². The molecule has 0 unspecified atom stereocenters. The summed E-state index contributed by atoms with van der Waals surface area (Å²) >= 11 is 12.5. The van der Waals surface area contributed by atoms with Gasteiger partial charge in [0.25, 0.3) is 5.91 Å². The summed E-state index contributed by atoms with van der Waals surface area (Å²) in [5, 5.41) is 13.2. The zero-order valence-electron chi connectivity index (χ0n) is 11.7. The Labute approximate surface area is 146 Å². The molecule has 0 aliphatic rings. The van der Waals surface area contributed by atoms with Crippen molar-refractivity contribution in [1.82, 2.24) is 10.3 Å². The molecule has 0 aliphatic heterocycles. The second kappa shape index (κ2) is 6.50. The van der Waals surface area contributed by atoms with E-state index in [-0.39, 0.29) is 5.91 Å². The average Bonchev–Trinajstić information content (AvgIpc) is 2.99. The number of aromatic nitrogens is 1. The highest BCUT2D eigenvalue weighted by molar-refractivity contribution is 7.71. The summed E-state index contributed by atoms with van der Waals surface area (Å²) in [4.78, 5) is 16.7. The van der Waals surface area contributed by atoms with Crippen LogP contribution in [0.3, 0.4) is 0 Å². The Hall–Kier alpha value is -2.20. The Morgan fingerprint density at radius 3 is 2.83 bits per heavy atom. The lowest BCUT2D eigenvalue weighted by atomic mass is 10.2. The fourth-order valence-corrected chi connectivity index (χ4v) is 3.45. The molecule has 0 saturated carbocycles. The number of halogens is 1. The summed E-state index contributed by atoms with van der Waals surface area (Å²) in [7, 11) is 0. The molecule has 0 atom stereocenters. The molecule has 0 bridgehead atoms. The van der Waals surface area contributed by atoms with Crippen LogP contribution in [0.5, 0.6) is 0 Å². The number of nitrogens with zero attached hydrogens (tertiary/aromatic N) is 1. The van der Waals surface area contributed by atoms with E-state index in [1.54, 1.807) is 24.4 Å². The first-order valence-electron chi connectivity index (χ1n) is 6.66. The number of carbonyl (C=O) groups excluding carboxylic acids is 1. The summed E-state index contributed by atoms with van der Waals surface area (Å²) in [6.45, 7) is 0.385. The number of fused-ring (bicyclic) bond motifs is 1. The smallest absolute Gasteiger partial charge is 0.254 e. The number of benzene rings is 1. The quantitative estimate of drug-likeness (QED) is 0.680. The van der Waals surface area contributed by atoms with Crippen molar-refractivity contribution in [3.63, 3.8) is 0 Å². The molecule has 7 heteroatoms. The van der Waals surface area contributed by atoms with Gasteiger partial charge in [0.2, 0.25) is 0 Å². The van der Waals surface area contributed by atoms with Gasteiger partial charge in [0.15, 0.2) is 0 Å². The summed E-state index contributed by atoms with van der Waals surface area (Å²) in [6, 6.07) is 11.0. The molecule has 2 heterocycles. The molecule has 0 radical (unpaired) electrons. The molecule has 0 aliphatic carbocycles. The second-order valence-corrected chi connectivity index (χ2v) is 6.70. The van der Waals surface area contributed by atoms with E-state index in [9.17, 15) is 4.79 Å². The predicted octanol–water partition coefficient (Wildman–Crippen LogP) is 4.41. The third-order valence-electron chi connectivity index (χ3n) is 3.29.